The van der Waals surface area contributed by atoms with Crippen molar-refractivity contribution in [3.8, 4) is 0 Å². The van der Waals surface area contributed by atoms with Crippen LogP contribution in [0.5, 0.6) is 0 Å². The molecule has 1 unspecified atom stereocenters. The maximum atomic E-state index is 6.53. The van der Waals surface area contributed by atoms with Gasteiger partial charge in [0.25, 0.3) is 0 Å². The molecular weight excluding hydrogens is 323 g/mol. The van der Waals surface area contributed by atoms with Gasteiger partial charge >= 0.3 is 0 Å². The second-order valence-corrected chi connectivity index (χ2v) is 6.33. The summed E-state index contributed by atoms with van der Waals surface area (Å²) in [7, 11) is 0. The molecule has 3 aromatic carbocycles. The Balaban J connectivity index is 1.91. The zero-order valence-corrected chi connectivity index (χ0v) is 13.5. The Kier molecular flexibility index (Phi) is 4.40. The molecule has 0 aliphatic heterocycles. The van der Waals surface area contributed by atoms with Crippen LogP contribution < -0.4 is 0 Å². The van der Waals surface area contributed by atoms with Crippen LogP contribution in [0.3, 0.4) is 0 Å². The number of halogens is 3. The lowest BCUT2D eigenvalue weighted by Crippen LogP contribution is -1.98. The highest BCUT2D eigenvalue weighted by Gasteiger charge is 2.16. The highest BCUT2D eigenvalue weighted by molar-refractivity contribution is 6.37. The van der Waals surface area contributed by atoms with E-state index in [2.05, 4.69) is 30.3 Å². The summed E-state index contributed by atoms with van der Waals surface area (Å²) in [5.74, 6) is 0. The Bertz CT molecular complexity index is 760. The summed E-state index contributed by atoms with van der Waals surface area (Å²) in [5, 5.41) is 3.42. The smallest absolute Gasteiger partial charge is 0.0654 e. The number of fused-ring (bicyclic) bond motifs is 1. The van der Waals surface area contributed by atoms with Gasteiger partial charge in [-0.25, -0.2) is 0 Å². The van der Waals surface area contributed by atoms with Crippen LogP contribution in [0.25, 0.3) is 10.8 Å². The Morgan fingerprint density at radius 2 is 1.43 bits per heavy atom. The molecule has 0 fully saturated rings. The molecule has 0 N–H and O–H groups in total. The van der Waals surface area contributed by atoms with Gasteiger partial charge in [-0.15, -0.1) is 11.6 Å². The average Bonchev–Trinajstić information content (AvgIpc) is 2.47. The molecular formula is C18H13Cl3. The quantitative estimate of drug-likeness (QED) is 0.469. The molecule has 3 rings (SSSR count). The second kappa shape index (κ2) is 6.27. The summed E-state index contributed by atoms with van der Waals surface area (Å²) >= 11 is 19.0. The predicted molar refractivity (Wildman–Crippen MR) is 92.7 cm³/mol. The van der Waals surface area contributed by atoms with E-state index in [1.54, 1.807) is 0 Å². The number of alkyl halides is 1. The molecule has 0 bridgehead atoms. The van der Waals surface area contributed by atoms with Gasteiger partial charge in [0.05, 0.1) is 5.38 Å². The van der Waals surface area contributed by atoms with Crippen LogP contribution in [0.2, 0.25) is 10.0 Å². The maximum absolute atomic E-state index is 6.53. The van der Waals surface area contributed by atoms with Crippen molar-refractivity contribution in [3.05, 3.63) is 81.8 Å². The number of benzene rings is 3. The third-order valence-electron chi connectivity index (χ3n) is 3.54. The molecule has 106 valence electrons. The van der Waals surface area contributed by atoms with E-state index in [9.17, 15) is 0 Å². The van der Waals surface area contributed by atoms with Crippen molar-refractivity contribution in [3.63, 3.8) is 0 Å². The monoisotopic (exact) mass is 334 g/mol. The van der Waals surface area contributed by atoms with Gasteiger partial charge in [-0.1, -0.05) is 71.7 Å². The molecule has 0 saturated heterocycles. The van der Waals surface area contributed by atoms with Crippen LogP contribution in [0, 0.1) is 0 Å². The summed E-state index contributed by atoms with van der Waals surface area (Å²) < 4.78 is 0. The first-order valence-electron chi connectivity index (χ1n) is 6.71. The molecule has 0 saturated carbocycles. The normalized spacial score (nSPS) is 12.5. The van der Waals surface area contributed by atoms with Crippen LogP contribution in [-0.4, -0.2) is 0 Å². The predicted octanol–water partition coefficient (Wildman–Crippen LogP) is 6.67. The van der Waals surface area contributed by atoms with Crippen LogP contribution in [0.15, 0.2) is 60.7 Å². The first kappa shape index (κ1) is 14.7. The molecule has 0 heterocycles. The van der Waals surface area contributed by atoms with Crippen molar-refractivity contribution in [1.29, 1.82) is 0 Å². The van der Waals surface area contributed by atoms with E-state index in [1.807, 2.05) is 30.3 Å². The summed E-state index contributed by atoms with van der Waals surface area (Å²) in [6, 6.07) is 20.1. The molecule has 0 aromatic heterocycles. The zero-order valence-electron chi connectivity index (χ0n) is 11.2. The summed E-state index contributed by atoms with van der Waals surface area (Å²) in [5.41, 5.74) is 1.97. The van der Waals surface area contributed by atoms with Gasteiger partial charge in [-0.3, -0.25) is 0 Å². The first-order chi connectivity index (χ1) is 10.1. The molecule has 3 heteroatoms. The van der Waals surface area contributed by atoms with Crippen LogP contribution >= 0.6 is 34.8 Å². The van der Waals surface area contributed by atoms with Gasteiger partial charge in [0.2, 0.25) is 0 Å². The van der Waals surface area contributed by atoms with E-state index in [4.69, 9.17) is 34.8 Å². The molecule has 0 spiro atoms. The highest BCUT2D eigenvalue weighted by Crippen LogP contribution is 2.36. The lowest BCUT2D eigenvalue weighted by Gasteiger charge is -2.14. The number of hydrogen-bond donors (Lipinski definition) is 0. The minimum Gasteiger partial charge on any atom is -0.117 e. The van der Waals surface area contributed by atoms with Crippen molar-refractivity contribution in [2.75, 3.05) is 0 Å². The molecule has 0 aliphatic rings. The van der Waals surface area contributed by atoms with Crippen molar-refractivity contribution in [1.82, 2.24) is 0 Å². The van der Waals surface area contributed by atoms with E-state index in [0.717, 1.165) is 5.56 Å². The van der Waals surface area contributed by atoms with Gasteiger partial charge in [-0.2, -0.15) is 0 Å². The second-order valence-electron chi connectivity index (χ2n) is 4.99. The van der Waals surface area contributed by atoms with Gasteiger partial charge < -0.3 is 0 Å². The van der Waals surface area contributed by atoms with Crippen LogP contribution in [0.1, 0.15) is 16.5 Å². The highest BCUT2D eigenvalue weighted by atomic mass is 35.5. The third kappa shape index (κ3) is 3.18. The van der Waals surface area contributed by atoms with Gasteiger partial charge in [0.15, 0.2) is 0 Å². The molecule has 0 amide bonds. The van der Waals surface area contributed by atoms with Gasteiger partial charge in [-0.05, 0) is 34.9 Å². The van der Waals surface area contributed by atoms with Gasteiger partial charge in [0.1, 0.15) is 0 Å². The maximum Gasteiger partial charge on any atom is 0.0654 e. The van der Waals surface area contributed by atoms with Crippen LogP contribution in [-0.2, 0) is 6.42 Å². The summed E-state index contributed by atoms with van der Waals surface area (Å²) in [6.45, 7) is 0. The number of rotatable bonds is 3. The van der Waals surface area contributed by atoms with Crippen molar-refractivity contribution >= 4 is 45.6 Å². The fourth-order valence-electron chi connectivity index (χ4n) is 2.48. The lowest BCUT2D eigenvalue weighted by molar-refractivity contribution is 0.922. The zero-order chi connectivity index (χ0) is 14.8. The van der Waals surface area contributed by atoms with E-state index < -0.39 is 0 Å². The first-order valence-corrected chi connectivity index (χ1v) is 7.90. The fraction of sp³-hybridized carbons (Fsp3) is 0.111. The van der Waals surface area contributed by atoms with Crippen molar-refractivity contribution in [2.45, 2.75) is 11.8 Å². The SMILES string of the molecule is Clc1cccc(Cl)c1C(Cl)Cc1ccc2ccccc2c1. The minimum atomic E-state index is -0.243. The molecule has 3 aromatic rings. The topological polar surface area (TPSA) is 0 Å². The Morgan fingerprint density at radius 1 is 0.762 bits per heavy atom. The third-order valence-corrected chi connectivity index (χ3v) is 4.57. The number of hydrogen-bond acceptors (Lipinski definition) is 0. The van der Waals surface area contributed by atoms with Crippen molar-refractivity contribution in [2.24, 2.45) is 0 Å². The van der Waals surface area contributed by atoms with E-state index in [-0.39, 0.29) is 5.38 Å². The average molecular weight is 336 g/mol. The Hall–Kier alpha value is -1.21. The molecule has 1 atom stereocenters. The standard InChI is InChI=1S/C18H13Cl3/c19-15-6-3-7-16(20)18(15)17(21)11-12-8-9-13-4-1-2-5-14(13)10-12/h1-10,17H,11H2. The lowest BCUT2D eigenvalue weighted by atomic mass is 10.0. The van der Waals surface area contributed by atoms with E-state index >= 15 is 0 Å². The van der Waals surface area contributed by atoms with Crippen molar-refractivity contribution < 1.29 is 0 Å². The van der Waals surface area contributed by atoms with E-state index in [1.165, 1.54) is 16.3 Å². The van der Waals surface area contributed by atoms with E-state index in [0.29, 0.717) is 16.5 Å². The summed E-state index contributed by atoms with van der Waals surface area (Å²) in [4.78, 5) is 0. The Labute approximate surface area is 139 Å². The minimum absolute atomic E-state index is 0.243. The molecule has 0 nitrogen and oxygen atoms in total. The molecule has 21 heavy (non-hydrogen) atoms. The Morgan fingerprint density at radius 3 is 2.14 bits per heavy atom. The largest absolute Gasteiger partial charge is 0.117 e. The van der Waals surface area contributed by atoms with Crippen LogP contribution in [0.4, 0.5) is 0 Å². The van der Waals surface area contributed by atoms with Gasteiger partial charge in [0, 0.05) is 15.6 Å². The molecule has 0 aliphatic carbocycles. The molecule has 0 radical (unpaired) electrons. The fourth-order valence-corrected chi connectivity index (χ4v) is 3.67. The summed E-state index contributed by atoms with van der Waals surface area (Å²) in [6.07, 6.45) is 0.690.